The van der Waals surface area contributed by atoms with Gasteiger partial charge in [0.1, 0.15) is 23.2 Å². The molecule has 3 nitrogen and oxygen atoms in total. The van der Waals surface area contributed by atoms with Gasteiger partial charge in [-0.1, -0.05) is 0 Å². The second-order valence-electron chi connectivity index (χ2n) is 7.23. The van der Waals surface area contributed by atoms with Gasteiger partial charge in [0.15, 0.2) is 0 Å². The molecule has 0 aromatic heterocycles. The van der Waals surface area contributed by atoms with Gasteiger partial charge in [-0.25, -0.2) is 0 Å². The molecule has 136 valence electrons. The van der Waals surface area contributed by atoms with E-state index in [1.165, 1.54) is 0 Å². The van der Waals surface area contributed by atoms with Crippen LogP contribution in [0.4, 0.5) is 13.2 Å². The van der Waals surface area contributed by atoms with E-state index in [1.54, 1.807) is 0 Å². The lowest BCUT2D eigenvalue weighted by Crippen LogP contribution is -2.42. The van der Waals surface area contributed by atoms with E-state index in [0.717, 1.165) is 24.3 Å². The summed E-state index contributed by atoms with van der Waals surface area (Å²) >= 11 is 0. The molecule has 1 aromatic carbocycles. The van der Waals surface area contributed by atoms with Gasteiger partial charge in [0.25, 0.3) is 0 Å². The number of hydrogen-bond donors (Lipinski definition) is 0. The van der Waals surface area contributed by atoms with Crippen molar-refractivity contribution >= 4 is 0 Å². The Hall–Kier alpha value is -1.43. The first-order valence-electron chi connectivity index (χ1n) is 8.36. The van der Waals surface area contributed by atoms with Crippen LogP contribution >= 0.6 is 0 Å². The van der Waals surface area contributed by atoms with Crippen LogP contribution in [-0.2, 0) is 0 Å². The Balaban J connectivity index is 1.84. The SMILES string of the molecule is CC(C)(C)Oc1ccc(O[C@H]2CCCN(CCC(F)(F)F)C2)cc1. The lowest BCUT2D eigenvalue weighted by atomic mass is 10.1. The van der Waals surface area contributed by atoms with Gasteiger partial charge < -0.3 is 9.47 Å². The van der Waals surface area contributed by atoms with Crippen LogP contribution < -0.4 is 9.47 Å². The van der Waals surface area contributed by atoms with Crippen molar-refractivity contribution < 1.29 is 22.6 Å². The van der Waals surface area contributed by atoms with Crippen molar-refractivity contribution in [1.82, 2.24) is 4.90 Å². The molecule has 24 heavy (non-hydrogen) atoms. The zero-order valence-electron chi connectivity index (χ0n) is 14.5. The molecule has 1 atom stereocenters. The van der Waals surface area contributed by atoms with Crippen molar-refractivity contribution in [1.29, 1.82) is 0 Å². The van der Waals surface area contributed by atoms with E-state index in [4.69, 9.17) is 9.47 Å². The van der Waals surface area contributed by atoms with Gasteiger partial charge in [-0.2, -0.15) is 13.2 Å². The normalized spacial score (nSPS) is 20.0. The molecule has 6 heteroatoms. The Labute approximate surface area is 141 Å². The Kier molecular flexibility index (Phi) is 6.01. The van der Waals surface area contributed by atoms with Crippen LogP contribution in [-0.4, -0.2) is 42.4 Å². The first-order valence-corrected chi connectivity index (χ1v) is 8.36. The Bertz CT molecular complexity index is 508. The number of alkyl halides is 3. The van der Waals surface area contributed by atoms with Crippen molar-refractivity contribution in [2.75, 3.05) is 19.6 Å². The van der Waals surface area contributed by atoms with Crippen LogP contribution in [0.15, 0.2) is 24.3 Å². The summed E-state index contributed by atoms with van der Waals surface area (Å²) in [6, 6.07) is 7.39. The first-order chi connectivity index (χ1) is 11.1. The lowest BCUT2D eigenvalue weighted by molar-refractivity contribution is -0.139. The third kappa shape index (κ3) is 6.99. The number of likely N-dealkylation sites (tertiary alicyclic amines) is 1. The predicted molar refractivity (Wildman–Crippen MR) is 87.6 cm³/mol. The average Bonchev–Trinajstić information content (AvgIpc) is 2.46. The van der Waals surface area contributed by atoms with Crippen molar-refractivity contribution in [3.05, 3.63) is 24.3 Å². The molecule has 0 N–H and O–H groups in total. The zero-order chi connectivity index (χ0) is 17.8. The number of benzene rings is 1. The fourth-order valence-corrected chi connectivity index (χ4v) is 2.73. The van der Waals surface area contributed by atoms with Crippen LogP contribution in [0.3, 0.4) is 0 Å². The van der Waals surface area contributed by atoms with E-state index < -0.39 is 12.6 Å². The minimum atomic E-state index is -4.10. The number of ether oxygens (including phenoxy) is 2. The van der Waals surface area contributed by atoms with Crippen LogP contribution in [0.25, 0.3) is 0 Å². The maximum absolute atomic E-state index is 12.3. The summed E-state index contributed by atoms with van der Waals surface area (Å²) in [5, 5.41) is 0. The highest BCUT2D eigenvalue weighted by Gasteiger charge is 2.29. The zero-order valence-corrected chi connectivity index (χ0v) is 14.5. The van der Waals surface area contributed by atoms with Crippen molar-refractivity contribution in [3.8, 4) is 11.5 Å². The molecule has 0 radical (unpaired) electrons. The fraction of sp³-hybridized carbons (Fsp3) is 0.667. The summed E-state index contributed by atoms with van der Waals surface area (Å²) in [6.07, 6.45) is -3.22. The van der Waals surface area contributed by atoms with E-state index >= 15 is 0 Å². The monoisotopic (exact) mass is 345 g/mol. The minimum Gasteiger partial charge on any atom is -0.489 e. The van der Waals surface area contributed by atoms with Gasteiger partial charge >= 0.3 is 6.18 Å². The minimum absolute atomic E-state index is 0.0434. The summed E-state index contributed by atoms with van der Waals surface area (Å²) in [5.41, 5.74) is -0.259. The molecule has 0 unspecified atom stereocenters. The van der Waals surface area contributed by atoms with Crippen molar-refractivity contribution in [2.45, 2.75) is 57.9 Å². The molecule has 0 bridgehead atoms. The predicted octanol–water partition coefficient (Wildman–Crippen LogP) is 4.66. The second-order valence-corrected chi connectivity index (χ2v) is 7.23. The number of piperidine rings is 1. The molecule has 0 amide bonds. The second kappa shape index (κ2) is 7.64. The van der Waals surface area contributed by atoms with Crippen molar-refractivity contribution in [3.63, 3.8) is 0 Å². The van der Waals surface area contributed by atoms with Gasteiger partial charge in [0.2, 0.25) is 0 Å². The fourth-order valence-electron chi connectivity index (χ4n) is 2.73. The highest BCUT2D eigenvalue weighted by Crippen LogP contribution is 2.25. The number of rotatable bonds is 5. The van der Waals surface area contributed by atoms with Crippen molar-refractivity contribution in [2.24, 2.45) is 0 Å². The van der Waals surface area contributed by atoms with E-state index in [2.05, 4.69) is 0 Å². The average molecular weight is 345 g/mol. The topological polar surface area (TPSA) is 21.7 Å². The summed E-state index contributed by atoms with van der Waals surface area (Å²) in [5.74, 6) is 1.49. The summed E-state index contributed by atoms with van der Waals surface area (Å²) in [7, 11) is 0. The highest BCUT2D eigenvalue weighted by atomic mass is 19.4. The molecule has 0 spiro atoms. The maximum atomic E-state index is 12.3. The molecule has 2 rings (SSSR count). The molecule has 1 saturated heterocycles. The molecule has 1 aliphatic heterocycles. The van der Waals surface area contributed by atoms with Gasteiger partial charge in [-0.3, -0.25) is 4.90 Å². The van der Waals surface area contributed by atoms with Gasteiger partial charge in [-0.05, 0) is 64.4 Å². The third-order valence-corrected chi connectivity index (χ3v) is 3.72. The van der Waals surface area contributed by atoms with Crippen LogP contribution in [0, 0.1) is 0 Å². The van der Waals surface area contributed by atoms with E-state index in [-0.39, 0.29) is 18.2 Å². The molecule has 1 fully saturated rings. The van der Waals surface area contributed by atoms with Crippen LogP contribution in [0.2, 0.25) is 0 Å². The molecule has 1 heterocycles. The van der Waals surface area contributed by atoms with Gasteiger partial charge in [0.05, 0.1) is 6.42 Å². The highest BCUT2D eigenvalue weighted by molar-refractivity contribution is 5.31. The number of nitrogens with zero attached hydrogens (tertiary/aromatic N) is 1. The smallest absolute Gasteiger partial charge is 0.390 e. The third-order valence-electron chi connectivity index (χ3n) is 3.72. The maximum Gasteiger partial charge on any atom is 0.390 e. The Morgan fingerprint density at radius 1 is 1.08 bits per heavy atom. The quantitative estimate of drug-likeness (QED) is 0.775. The Morgan fingerprint density at radius 3 is 2.29 bits per heavy atom. The summed E-state index contributed by atoms with van der Waals surface area (Å²) < 4.78 is 48.7. The van der Waals surface area contributed by atoms with Gasteiger partial charge in [0, 0.05) is 13.1 Å². The van der Waals surface area contributed by atoms with Crippen LogP contribution in [0.1, 0.15) is 40.0 Å². The lowest BCUT2D eigenvalue weighted by Gasteiger charge is -2.33. The molecule has 1 aromatic rings. The van der Waals surface area contributed by atoms with Crippen LogP contribution in [0.5, 0.6) is 11.5 Å². The molecule has 0 saturated carbocycles. The summed E-state index contributed by atoms with van der Waals surface area (Å²) in [4.78, 5) is 1.83. The first kappa shape index (κ1) is 18.9. The largest absolute Gasteiger partial charge is 0.489 e. The van der Waals surface area contributed by atoms with E-state index in [9.17, 15) is 13.2 Å². The Morgan fingerprint density at radius 2 is 1.71 bits per heavy atom. The number of halogens is 3. The standard InChI is InChI=1S/C18H26F3NO2/c1-17(2,3)24-15-8-6-14(7-9-15)23-16-5-4-11-22(13-16)12-10-18(19,20)21/h6-9,16H,4-5,10-13H2,1-3H3/t16-/m0/s1. The molecular weight excluding hydrogens is 319 g/mol. The van der Waals surface area contributed by atoms with E-state index in [0.29, 0.717) is 13.1 Å². The molecule has 1 aliphatic rings. The van der Waals surface area contributed by atoms with E-state index in [1.807, 2.05) is 49.9 Å². The summed E-state index contributed by atoms with van der Waals surface area (Å²) in [6.45, 7) is 7.23. The molecular formula is C18H26F3NO2. The number of hydrogen-bond acceptors (Lipinski definition) is 3. The van der Waals surface area contributed by atoms with Gasteiger partial charge in [-0.15, -0.1) is 0 Å². The molecule has 0 aliphatic carbocycles.